The Bertz CT molecular complexity index is 621. The third-order valence-electron chi connectivity index (χ3n) is 3.63. The molecule has 1 aliphatic rings. The van der Waals surface area contributed by atoms with Gasteiger partial charge < -0.3 is 10.6 Å². The minimum absolute atomic E-state index is 0.128. The van der Waals surface area contributed by atoms with Crippen LogP contribution < -0.4 is 10.5 Å². The van der Waals surface area contributed by atoms with E-state index in [1.165, 1.54) is 4.90 Å². The van der Waals surface area contributed by atoms with E-state index in [2.05, 4.69) is 4.72 Å². The molecule has 1 fully saturated rings. The number of nitrogens with one attached hydrogen (secondary N) is 1. The fourth-order valence-corrected chi connectivity index (χ4v) is 3.00. The maximum absolute atomic E-state index is 12.1. The van der Waals surface area contributed by atoms with Gasteiger partial charge in [-0.25, -0.2) is 13.1 Å². The summed E-state index contributed by atoms with van der Waals surface area (Å²) in [7, 11) is -1.90. The van der Waals surface area contributed by atoms with Crippen LogP contribution in [-0.4, -0.2) is 44.9 Å². The molecule has 0 unspecified atom stereocenters. The summed E-state index contributed by atoms with van der Waals surface area (Å²) in [6.07, 6.45) is 1.40. The molecule has 116 valence electrons. The smallest absolute Gasteiger partial charge is 0.242 e. The van der Waals surface area contributed by atoms with E-state index in [4.69, 9.17) is 5.73 Å². The fraction of sp³-hybridized carbons (Fsp3) is 0.500. The molecule has 1 aromatic rings. The molecule has 0 aliphatic heterocycles. The van der Waals surface area contributed by atoms with Crippen LogP contribution in [0.5, 0.6) is 0 Å². The van der Waals surface area contributed by atoms with Crippen molar-refractivity contribution in [2.75, 3.05) is 20.1 Å². The second kappa shape index (κ2) is 5.75. The lowest BCUT2D eigenvalue weighted by molar-refractivity contribution is -0.132. The van der Waals surface area contributed by atoms with Crippen LogP contribution >= 0.6 is 0 Å². The van der Waals surface area contributed by atoms with Crippen LogP contribution in [0.4, 0.5) is 0 Å². The van der Waals surface area contributed by atoms with Gasteiger partial charge in [-0.1, -0.05) is 17.7 Å². The van der Waals surface area contributed by atoms with E-state index >= 15 is 0 Å². The van der Waals surface area contributed by atoms with Crippen LogP contribution in [0, 0.1) is 6.92 Å². The molecular weight excluding hydrogens is 290 g/mol. The van der Waals surface area contributed by atoms with E-state index in [1.807, 2.05) is 6.92 Å². The van der Waals surface area contributed by atoms with Crippen molar-refractivity contribution in [1.29, 1.82) is 0 Å². The molecule has 1 saturated carbocycles. The molecular formula is C14H21N3O3S. The highest BCUT2D eigenvalue weighted by atomic mass is 32.2. The number of nitrogens with two attached hydrogens (primary N) is 1. The van der Waals surface area contributed by atoms with Crippen molar-refractivity contribution in [3.05, 3.63) is 29.8 Å². The predicted octanol–water partition coefficient (Wildman–Crippen LogP) is 0.223. The van der Waals surface area contributed by atoms with Crippen molar-refractivity contribution in [3.8, 4) is 0 Å². The number of amides is 1. The molecule has 7 heteroatoms. The van der Waals surface area contributed by atoms with E-state index < -0.39 is 15.6 Å². The van der Waals surface area contributed by atoms with Gasteiger partial charge in [-0.3, -0.25) is 4.79 Å². The van der Waals surface area contributed by atoms with Crippen molar-refractivity contribution in [1.82, 2.24) is 9.62 Å². The van der Waals surface area contributed by atoms with Crippen LogP contribution in [-0.2, 0) is 14.8 Å². The highest BCUT2D eigenvalue weighted by molar-refractivity contribution is 7.89. The van der Waals surface area contributed by atoms with E-state index in [1.54, 1.807) is 31.3 Å². The number of carbonyl (C=O) groups excluding carboxylic acids is 1. The lowest BCUT2D eigenvalue weighted by Gasteiger charge is -2.21. The highest BCUT2D eigenvalue weighted by Gasteiger charge is 2.47. The van der Waals surface area contributed by atoms with Crippen LogP contribution in [0.1, 0.15) is 18.4 Å². The van der Waals surface area contributed by atoms with Crippen LogP contribution in [0.3, 0.4) is 0 Å². The van der Waals surface area contributed by atoms with Crippen molar-refractivity contribution >= 4 is 15.9 Å². The van der Waals surface area contributed by atoms with E-state index in [-0.39, 0.29) is 17.3 Å². The summed E-state index contributed by atoms with van der Waals surface area (Å²) in [4.78, 5) is 13.6. The van der Waals surface area contributed by atoms with Gasteiger partial charge in [-0.15, -0.1) is 0 Å². The summed E-state index contributed by atoms with van der Waals surface area (Å²) in [6, 6.07) is 6.61. The van der Waals surface area contributed by atoms with Gasteiger partial charge in [0, 0.05) is 20.1 Å². The second-order valence-electron chi connectivity index (χ2n) is 5.59. The first-order valence-electron chi connectivity index (χ1n) is 6.85. The summed E-state index contributed by atoms with van der Waals surface area (Å²) < 4.78 is 26.6. The third-order valence-corrected chi connectivity index (χ3v) is 5.11. The van der Waals surface area contributed by atoms with E-state index in [9.17, 15) is 13.2 Å². The van der Waals surface area contributed by atoms with Crippen molar-refractivity contribution in [3.63, 3.8) is 0 Å². The Morgan fingerprint density at radius 3 is 2.43 bits per heavy atom. The molecule has 1 aliphatic carbocycles. The number of aryl methyl sites for hydroxylation is 1. The largest absolute Gasteiger partial charge is 0.343 e. The van der Waals surface area contributed by atoms with Crippen molar-refractivity contribution in [2.45, 2.75) is 30.2 Å². The van der Waals surface area contributed by atoms with Gasteiger partial charge in [-0.05, 0) is 31.9 Å². The highest BCUT2D eigenvalue weighted by Crippen LogP contribution is 2.33. The van der Waals surface area contributed by atoms with Crippen LogP contribution in [0.15, 0.2) is 29.2 Å². The molecule has 0 saturated heterocycles. The molecule has 0 heterocycles. The van der Waals surface area contributed by atoms with Crippen LogP contribution in [0.2, 0.25) is 0 Å². The lowest BCUT2D eigenvalue weighted by atomic mass is 10.2. The van der Waals surface area contributed by atoms with Gasteiger partial charge in [0.15, 0.2) is 0 Å². The number of carbonyl (C=O) groups is 1. The van der Waals surface area contributed by atoms with Gasteiger partial charge in [-0.2, -0.15) is 0 Å². The van der Waals surface area contributed by atoms with Gasteiger partial charge in [0.25, 0.3) is 0 Å². The molecule has 0 aromatic heterocycles. The third kappa shape index (κ3) is 3.81. The number of likely N-dealkylation sites (N-methyl/N-ethyl adjacent to an activating group) is 1. The van der Waals surface area contributed by atoms with Gasteiger partial charge in [0.1, 0.15) is 0 Å². The molecule has 2 rings (SSSR count). The molecule has 1 aromatic carbocycles. The zero-order valence-corrected chi connectivity index (χ0v) is 13.1. The summed E-state index contributed by atoms with van der Waals surface area (Å²) in [5, 5.41) is 0. The first kappa shape index (κ1) is 15.9. The zero-order chi connectivity index (χ0) is 15.7. The van der Waals surface area contributed by atoms with E-state index in [0.29, 0.717) is 19.4 Å². The SMILES string of the molecule is Cc1ccc(S(=O)(=O)NCCN(C)C(=O)C2(N)CC2)cc1. The topological polar surface area (TPSA) is 92.5 Å². The maximum atomic E-state index is 12.1. The van der Waals surface area contributed by atoms with E-state index in [0.717, 1.165) is 5.56 Å². The quantitative estimate of drug-likeness (QED) is 0.786. The predicted molar refractivity (Wildman–Crippen MR) is 80.2 cm³/mol. The Morgan fingerprint density at radius 2 is 1.90 bits per heavy atom. The number of hydrogen-bond acceptors (Lipinski definition) is 4. The van der Waals surface area contributed by atoms with Crippen molar-refractivity contribution < 1.29 is 13.2 Å². The molecule has 0 spiro atoms. The number of benzene rings is 1. The lowest BCUT2D eigenvalue weighted by Crippen LogP contribution is -2.46. The Morgan fingerprint density at radius 1 is 1.33 bits per heavy atom. The molecule has 21 heavy (non-hydrogen) atoms. The van der Waals surface area contributed by atoms with Crippen LogP contribution in [0.25, 0.3) is 0 Å². The number of sulfonamides is 1. The van der Waals surface area contributed by atoms with Crippen molar-refractivity contribution in [2.24, 2.45) is 5.73 Å². The minimum atomic E-state index is -3.54. The first-order valence-corrected chi connectivity index (χ1v) is 8.34. The molecule has 0 atom stereocenters. The summed E-state index contributed by atoms with van der Waals surface area (Å²) in [5.74, 6) is -0.128. The Hall–Kier alpha value is -1.44. The monoisotopic (exact) mass is 311 g/mol. The van der Waals surface area contributed by atoms with Gasteiger partial charge in [0.05, 0.1) is 10.4 Å². The molecule has 6 nitrogen and oxygen atoms in total. The summed E-state index contributed by atoms with van der Waals surface area (Å²) >= 11 is 0. The fourth-order valence-electron chi connectivity index (χ4n) is 1.98. The minimum Gasteiger partial charge on any atom is -0.343 e. The Kier molecular flexibility index (Phi) is 4.36. The number of rotatable bonds is 6. The zero-order valence-electron chi connectivity index (χ0n) is 12.3. The molecule has 0 radical (unpaired) electrons. The van der Waals surface area contributed by atoms with Gasteiger partial charge in [0.2, 0.25) is 15.9 Å². The summed E-state index contributed by atoms with van der Waals surface area (Å²) in [5.41, 5.74) is 6.10. The van der Waals surface area contributed by atoms with Gasteiger partial charge >= 0.3 is 0 Å². The Labute approximate surface area is 125 Å². The Balaban J connectivity index is 1.87. The molecule has 1 amide bonds. The molecule has 0 bridgehead atoms. The first-order chi connectivity index (χ1) is 9.74. The average Bonchev–Trinajstić information content (AvgIpc) is 3.17. The average molecular weight is 311 g/mol. The molecule has 3 N–H and O–H groups in total. The standard InChI is InChI=1S/C14H21N3O3S/c1-11-3-5-12(6-4-11)21(19,20)16-9-10-17(2)13(18)14(15)7-8-14/h3-6,16H,7-10,15H2,1-2H3. The number of hydrogen-bond donors (Lipinski definition) is 2. The second-order valence-corrected chi connectivity index (χ2v) is 7.36. The normalized spacial score (nSPS) is 16.5. The maximum Gasteiger partial charge on any atom is 0.242 e. The summed E-state index contributed by atoms with van der Waals surface area (Å²) in [6.45, 7) is 2.35. The number of nitrogens with zero attached hydrogens (tertiary/aromatic N) is 1.